The number of nitrogens with one attached hydrogen (secondary N) is 1. The van der Waals surface area contributed by atoms with E-state index in [1.54, 1.807) is 11.8 Å². The molecule has 1 aliphatic heterocycles. The Kier molecular flexibility index (Phi) is 4.41. The van der Waals surface area contributed by atoms with Crippen LogP contribution in [0.4, 0.5) is 0 Å². The zero-order valence-corrected chi connectivity index (χ0v) is 11.1. The van der Waals surface area contributed by atoms with Crippen LogP contribution in [0.15, 0.2) is 30.3 Å². The summed E-state index contributed by atoms with van der Waals surface area (Å²) >= 11 is 0. The van der Waals surface area contributed by atoms with Crippen LogP contribution >= 0.6 is 0 Å². The fourth-order valence-electron chi connectivity index (χ4n) is 2.40. The van der Waals surface area contributed by atoms with Gasteiger partial charge in [-0.05, 0) is 37.7 Å². The third kappa shape index (κ3) is 3.60. The molecule has 1 saturated heterocycles. The van der Waals surface area contributed by atoms with Crippen molar-refractivity contribution < 1.29 is 10.0 Å². The number of rotatable bonds is 2. The Morgan fingerprint density at radius 1 is 1.17 bits per heavy atom. The molecule has 18 heavy (non-hydrogen) atoms. The van der Waals surface area contributed by atoms with E-state index in [1.165, 1.54) is 32.4 Å². The van der Waals surface area contributed by atoms with E-state index in [2.05, 4.69) is 11.8 Å². The van der Waals surface area contributed by atoms with Crippen LogP contribution in [0, 0.1) is 11.8 Å². The van der Waals surface area contributed by atoms with Gasteiger partial charge in [0.05, 0.1) is 13.1 Å². The van der Waals surface area contributed by atoms with E-state index >= 15 is 0 Å². The average molecular weight is 244 g/mol. The third-order valence-electron chi connectivity index (χ3n) is 3.57. The Morgan fingerprint density at radius 3 is 2.50 bits per heavy atom. The normalized spacial score (nSPS) is 19.7. The second kappa shape index (κ2) is 6.04. The maximum atomic E-state index is 10.3. The molecule has 2 heteroatoms. The second-order valence-electron chi connectivity index (χ2n) is 5.23. The highest BCUT2D eigenvalue weighted by Gasteiger charge is 2.19. The predicted molar refractivity (Wildman–Crippen MR) is 73.2 cm³/mol. The molecule has 0 radical (unpaired) electrons. The van der Waals surface area contributed by atoms with Gasteiger partial charge in [0.15, 0.2) is 0 Å². The van der Waals surface area contributed by atoms with Gasteiger partial charge in [-0.15, -0.1) is 0 Å². The summed E-state index contributed by atoms with van der Waals surface area (Å²) in [6.07, 6.45) is 3.98. The highest BCUT2D eigenvalue weighted by molar-refractivity contribution is 5.30. The van der Waals surface area contributed by atoms with Crippen molar-refractivity contribution in [2.75, 3.05) is 19.6 Å². The topological polar surface area (TPSA) is 24.7 Å². The molecule has 0 aromatic heterocycles. The van der Waals surface area contributed by atoms with E-state index in [9.17, 15) is 5.11 Å². The third-order valence-corrected chi connectivity index (χ3v) is 3.57. The highest BCUT2D eigenvalue weighted by Crippen LogP contribution is 2.18. The molecule has 0 bridgehead atoms. The van der Waals surface area contributed by atoms with Crippen molar-refractivity contribution in [3.63, 3.8) is 0 Å². The number of quaternary nitrogens is 1. The minimum Gasteiger partial charge on any atom is -0.374 e. The van der Waals surface area contributed by atoms with E-state index in [4.69, 9.17) is 0 Å². The molecule has 2 rings (SSSR count). The largest absolute Gasteiger partial charge is 0.374 e. The smallest absolute Gasteiger partial charge is 0.148 e. The van der Waals surface area contributed by atoms with Gasteiger partial charge >= 0.3 is 0 Å². The summed E-state index contributed by atoms with van der Waals surface area (Å²) in [7, 11) is 0. The Balaban J connectivity index is 1.95. The lowest BCUT2D eigenvalue weighted by Gasteiger charge is -2.21. The summed E-state index contributed by atoms with van der Waals surface area (Å²) < 4.78 is 0. The Bertz CT molecular complexity index is 421. The number of aliphatic hydroxyl groups is 1. The summed E-state index contributed by atoms with van der Waals surface area (Å²) in [5.74, 6) is 6.16. The van der Waals surface area contributed by atoms with Crippen LogP contribution in [0.1, 0.15) is 31.7 Å². The lowest BCUT2D eigenvalue weighted by atomic mass is 9.97. The molecule has 0 saturated carbocycles. The molecule has 96 valence electrons. The number of hydrogen-bond donors (Lipinski definition) is 2. The number of piperidine rings is 1. The molecular weight excluding hydrogens is 222 g/mol. The molecule has 2 nitrogen and oxygen atoms in total. The van der Waals surface area contributed by atoms with Gasteiger partial charge in [0.2, 0.25) is 0 Å². The average Bonchev–Trinajstić information content (AvgIpc) is 2.41. The molecular formula is C16H22NO+. The van der Waals surface area contributed by atoms with Crippen LogP contribution in [0.3, 0.4) is 0 Å². The van der Waals surface area contributed by atoms with Crippen LogP contribution in [-0.2, 0) is 5.60 Å². The Morgan fingerprint density at radius 2 is 1.83 bits per heavy atom. The van der Waals surface area contributed by atoms with Crippen molar-refractivity contribution >= 4 is 0 Å². The summed E-state index contributed by atoms with van der Waals surface area (Å²) in [6, 6.07) is 9.65. The van der Waals surface area contributed by atoms with Gasteiger partial charge < -0.3 is 10.0 Å². The van der Waals surface area contributed by atoms with Gasteiger partial charge in [-0.3, -0.25) is 0 Å². The predicted octanol–water partition coefficient (Wildman–Crippen LogP) is 0.966. The van der Waals surface area contributed by atoms with Crippen molar-refractivity contribution in [2.45, 2.75) is 31.8 Å². The number of likely N-dealkylation sites (tertiary alicyclic amines) is 1. The molecule has 2 N–H and O–H groups in total. The van der Waals surface area contributed by atoms with Gasteiger partial charge in [0, 0.05) is 0 Å². The minimum absolute atomic E-state index is 0.850. The lowest BCUT2D eigenvalue weighted by Crippen LogP contribution is -3.12. The molecule has 0 spiro atoms. The van der Waals surface area contributed by atoms with E-state index in [0.29, 0.717) is 0 Å². The van der Waals surface area contributed by atoms with E-state index in [-0.39, 0.29) is 0 Å². The summed E-state index contributed by atoms with van der Waals surface area (Å²) in [5, 5.41) is 10.3. The maximum absolute atomic E-state index is 10.3. The van der Waals surface area contributed by atoms with Crippen molar-refractivity contribution in [2.24, 2.45) is 0 Å². The summed E-state index contributed by atoms with van der Waals surface area (Å²) in [5.41, 5.74) is -0.164. The first-order chi connectivity index (χ1) is 8.68. The fourth-order valence-corrected chi connectivity index (χ4v) is 2.40. The van der Waals surface area contributed by atoms with Crippen molar-refractivity contribution in [1.82, 2.24) is 0 Å². The first kappa shape index (κ1) is 13.1. The maximum Gasteiger partial charge on any atom is 0.148 e. The van der Waals surface area contributed by atoms with Gasteiger partial charge in [0.25, 0.3) is 0 Å². The standard InChI is InChI=1S/C16H21NO/c1-16(18,15-9-4-2-5-10-15)11-8-14-17-12-6-3-7-13-17/h2,4-5,9-10,18H,3,6-7,12-14H2,1H3/p+1. The van der Waals surface area contributed by atoms with Crippen LogP contribution in [0.25, 0.3) is 0 Å². The molecule has 1 heterocycles. The van der Waals surface area contributed by atoms with E-state index in [1.807, 2.05) is 30.3 Å². The van der Waals surface area contributed by atoms with Gasteiger partial charge in [-0.25, -0.2) is 0 Å². The number of hydrogen-bond acceptors (Lipinski definition) is 1. The summed E-state index contributed by atoms with van der Waals surface area (Å²) in [6.45, 7) is 5.06. The van der Waals surface area contributed by atoms with Crippen LogP contribution in [-0.4, -0.2) is 24.7 Å². The zero-order chi connectivity index (χ0) is 12.8. The van der Waals surface area contributed by atoms with Crippen molar-refractivity contribution in [3.05, 3.63) is 35.9 Å². The monoisotopic (exact) mass is 244 g/mol. The first-order valence-electron chi connectivity index (χ1n) is 6.80. The lowest BCUT2D eigenvalue weighted by molar-refractivity contribution is -0.897. The second-order valence-corrected chi connectivity index (χ2v) is 5.23. The minimum atomic E-state index is -1.03. The SMILES string of the molecule is CC(O)(C#CC[NH+]1CCCCC1)c1ccccc1. The Labute approximate surface area is 110 Å². The van der Waals surface area contributed by atoms with Crippen LogP contribution in [0.5, 0.6) is 0 Å². The fraction of sp³-hybridized carbons (Fsp3) is 0.500. The molecule has 1 aromatic rings. The number of benzene rings is 1. The van der Waals surface area contributed by atoms with Gasteiger partial charge in [-0.2, -0.15) is 0 Å². The van der Waals surface area contributed by atoms with Crippen molar-refractivity contribution in [3.8, 4) is 11.8 Å². The molecule has 1 aromatic carbocycles. The highest BCUT2D eigenvalue weighted by atomic mass is 16.3. The van der Waals surface area contributed by atoms with E-state index < -0.39 is 5.60 Å². The molecule has 1 unspecified atom stereocenters. The van der Waals surface area contributed by atoms with E-state index in [0.717, 1.165) is 12.1 Å². The van der Waals surface area contributed by atoms with Crippen LogP contribution in [0.2, 0.25) is 0 Å². The van der Waals surface area contributed by atoms with Crippen molar-refractivity contribution in [1.29, 1.82) is 0 Å². The quantitative estimate of drug-likeness (QED) is 0.744. The van der Waals surface area contributed by atoms with Gasteiger partial charge in [0.1, 0.15) is 12.1 Å². The molecule has 1 fully saturated rings. The molecule has 1 atom stereocenters. The summed E-state index contributed by atoms with van der Waals surface area (Å²) in [4.78, 5) is 1.55. The van der Waals surface area contributed by atoms with Gasteiger partial charge in [-0.1, -0.05) is 36.3 Å². The molecule has 0 amide bonds. The molecule has 1 aliphatic rings. The Hall–Kier alpha value is -1.30. The zero-order valence-electron chi connectivity index (χ0n) is 11.1. The first-order valence-corrected chi connectivity index (χ1v) is 6.80. The molecule has 0 aliphatic carbocycles. The van der Waals surface area contributed by atoms with Crippen LogP contribution < -0.4 is 4.90 Å².